The highest BCUT2D eigenvalue weighted by Gasteiger charge is 2.46. The molecule has 31 heavy (non-hydrogen) atoms. The van der Waals surface area contributed by atoms with Crippen molar-refractivity contribution in [3.8, 4) is 17.6 Å². The Hall–Kier alpha value is -3.09. The summed E-state index contributed by atoms with van der Waals surface area (Å²) < 4.78 is 35.2. The third-order valence-corrected chi connectivity index (χ3v) is 7.30. The van der Waals surface area contributed by atoms with Gasteiger partial charge in [-0.2, -0.15) is 5.26 Å². The molecule has 0 unspecified atom stereocenters. The van der Waals surface area contributed by atoms with E-state index < -0.39 is 15.4 Å². The first-order valence-electron chi connectivity index (χ1n) is 10.0. The van der Waals surface area contributed by atoms with Gasteiger partial charge < -0.3 is 20.1 Å². The second-order valence-electron chi connectivity index (χ2n) is 7.92. The monoisotopic (exact) mass is 441 g/mol. The summed E-state index contributed by atoms with van der Waals surface area (Å²) in [6, 6.07) is 15.3. The highest BCUT2D eigenvalue weighted by molar-refractivity contribution is 7.91. The van der Waals surface area contributed by atoms with E-state index in [1.54, 1.807) is 48.5 Å². The van der Waals surface area contributed by atoms with Crippen LogP contribution in [0.15, 0.2) is 48.5 Å². The van der Waals surface area contributed by atoms with Crippen molar-refractivity contribution in [3.63, 3.8) is 0 Å². The number of nitrogens with zero attached hydrogens (tertiary/aromatic N) is 1. The summed E-state index contributed by atoms with van der Waals surface area (Å²) in [5.41, 5.74) is 0.497. The number of hydrogen-bond donors (Lipinski definition) is 2. The quantitative estimate of drug-likeness (QED) is 0.752. The third kappa shape index (κ3) is 5.34. The Balaban J connectivity index is 1.30. The molecule has 1 spiro atoms. The molecule has 2 aliphatic heterocycles. The Labute approximate surface area is 181 Å². The summed E-state index contributed by atoms with van der Waals surface area (Å²) >= 11 is 0. The molecule has 0 saturated carbocycles. The molecular weight excluding hydrogens is 418 g/mol. The average Bonchev–Trinajstić information content (AvgIpc) is 3.03. The van der Waals surface area contributed by atoms with E-state index in [0.717, 1.165) is 0 Å². The Morgan fingerprint density at radius 2 is 1.81 bits per heavy atom. The van der Waals surface area contributed by atoms with E-state index in [2.05, 4.69) is 16.7 Å². The van der Waals surface area contributed by atoms with Crippen LogP contribution in [-0.2, 0) is 14.6 Å². The number of ether oxygens (including phenoxy) is 2. The molecule has 162 valence electrons. The van der Waals surface area contributed by atoms with Gasteiger partial charge in [-0.1, -0.05) is 0 Å². The number of carbonyl (C=O) groups is 1. The molecule has 2 atom stereocenters. The number of carbonyl (C=O) groups excluding carboxylic acids is 1. The molecule has 2 saturated heterocycles. The number of rotatable bonds is 4. The van der Waals surface area contributed by atoms with E-state index in [9.17, 15) is 13.2 Å². The summed E-state index contributed by atoms with van der Waals surface area (Å²) in [5.74, 6) is 1.38. The minimum absolute atomic E-state index is 0.0283. The van der Waals surface area contributed by atoms with Gasteiger partial charge in [-0.15, -0.1) is 0 Å². The van der Waals surface area contributed by atoms with Crippen LogP contribution in [0.2, 0.25) is 0 Å². The number of sulfone groups is 1. The zero-order chi connectivity index (χ0) is 21.9. The first kappa shape index (κ1) is 21.2. The van der Waals surface area contributed by atoms with Crippen LogP contribution in [0.5, 0.6) is 11.5 Å². The lowest BCUT2D eigenvalue weighted by Gasteiger charge is -2.37. The van der Waals surface area contributed by atoms with Gasteiger partial charge in [0.2, 0.25) is 0 Å². The summed E-state index contributed by atoms with van der Waals surface area (Å²) in [6.07, 6.45) is 1.62. The number of nitrogens with one attached hydrogen (secondary N) is 2. The maximum atomic E-state index is 12.4. The zero-order valence-corrected chi connectivity index (χ0v) is 17.7. The van der Waals surface area contributed by atoms with E-state index in [0.29, 0.717) is 48.6 Å². The number of anilines is 1. The van der Waals surface area contributed by atoms with Crippen molar-refractivity contribution in [1.82, 2.24) is 5.32 Å². The molecule has 0 aliphatic carbocycles. The third-order valence-electron chi connectivity index (χ3n) is 5.51. The molecular formula is C22H23N3O5S. The number of urea groups is 1. The van der Waals surface area contributed by atoms with Crippen LogP contribution < -0.4 is 15.4 Å². The van der Waals surface area contributed by atoms with Gasteiger partial charge in [-0.3, -0.25) is 0 Å². The number of nitriles is 1. The minimum Gasteiger partial charge on any atom is -0.457 e. The lowest BCUT2D eigenvalue weighted by molar-refractivity contribution is -0.0685. The van der Waals surface area contributed by atoms with Crippen LogP contribution in [0.3, 0.4) is 0 Å². The fourth-order valence-corrected chi connectivity index (χ4v) is 5.98. The summed E-state index contributed by atoms with van der Waals surface area (Å²) in [7, 11) is -3.06. The maximum Gasteiger partial charge on any atom is 0.319 e. The standard InChI is InChI=1S/C22H23N3O5S/c23-14-16-1-5-19(6-2-16)30-20-7-3-17(4-8-20)24-21(26)25-18-9-11-29-22(13-18)10-12-31(27,28)15-22/h1-8,18H,9-13,15H2,(H2,24,25,26)/t18-,22+/m1/s1. The molecule has 2 aliphatic rings. The van der Waals surface area contributed by atoms with Gasteiger partial charge in [0, 0.05) is 18.3 Å². The molecule has 2 heterocycles. The Bertz CT molecular complexity index is 1090. The largest absolute Gasteiger partial charge is 0.457 e. The van der Waals surface area contributed by atoms with Crippen molar-refractivity contribution in [1.29, 1.82) is 5.26 Å². The molecule has 2 fully saturated rings. The fourth-order valence-electron chi connectivity index (χ4n) is 4.00. The van der Waals surface area contributed by atoms with Crippen molar-refractivity contribution in [2.24, 2.45) is 0 Å². The van der Waals surface area contributed by atoms with Crippen LogP contribution in [0, 0.1) is 11.3 Å². The molecule has 2 aromatic carbocycles. The van der Waals surface area contributed by atoms with Crippen molar-refractivity contribution in [3.05, 3.63) is 54.1 Å². The first-order valence-corrected chi connectivity index (χ1v) is 11.9. The maximum absolute atomic E-state index is 12.4. The van der Waals surface area contributed by atoms with E-state index in [1.807, 2.05) is 0 Å². The Morgan fingerprint density at radius 3 is 2.42 bits per heavy atom. The van der Waals surface area contributed by atoms with Crippen molar-refractivity contribution >= 4 is 21.6 Å². The van der Waals surface area contributed by atoms with Gasteiger partial charge >= 0.3 is 6.03 Å². The molecule has 2 amide bonds. The van der Waals surface area contributed by atoms with Crippen molar-refractivity contribution in [2.75, 3.05) is 23.4 Å². The van der Waals surface area contributed by atoms with Crippen molar-refractivity contribution in [2.45, 2.75) is 30.9 Å². The predicted molar refractivity (Wildman–Crippen MR) is 115 cm³/mol. The van der Waals surface area contributed by atoms with Gasteiger partial charge in [0.1, 0.15) is 11.5 Å². The van der Waals surface area contributed by atoms with Gasteiger partial charge in [-0.05, 0) is 67.8 Å². The number of amides is 2. The van der Waals surface area contributed by atoms with E-state index in [4.69, 9.17) is 14.7 Å². The zero-order valence-electron chi connectivity index (χ0n) is 16.8. The summed E-state index contributed by atoms with van der Waals surface area (Å²) in [5, 5.41) is 14.6. The van der Waals surface area contributed by atoms with Crippen LogP contribution >= 0.6 is 0 Å². The predicted octanol–water partition coefficient (Wildman–Crippen LogP) is 3.21. The van der Waals surface area contributed by atoms with Crippen LogP contribution in [0.1, 0.15) is 24.8 Å². The molecule has 4 rings (SSSR count). The highest BCUT2D eigenvalue weighted by atomic mass is 32.2. The van der Waals surface area contributed by atoms with E-state index in [-0.39, 0.29) is 23.6 Å². The molecule has 8 nitrogen and oxygen atoms in total. The fraction of sp³-hybridized carbons (Fsp3) is 0.364. The molecule has 2 N–H and O–H groups in total. The molecule has 9 heteroatoms. The minimum atomic E-state index is -3.06. The lowest BCUT2D eigenvalue weighted by atomic mass is 9.90. The topological polar surface area (TPSA) is 118 Å². The second-order valence-corrected chi connectivity index (χ2v) is 10.1. The summed E-state index contributed by atoms with van der Waals surface area (Å²) in [6.45, 7) is 0.432. The van der Waals surface area contributed by atoms with Gasteiger partial charge in [0.05, 0.1) is 28.7 Å². The highest BCUT2D eigenvalue weighted by Crippen LogP contribution is 2.35. The molecule has 0 aromatic heterocycles. The van der Waals surface area contributed by atoms with Gasteiger partial charge in [0.25, 0.3) is 0 Å². The Kier molecular flexibility index (Phi) is 5.85. The number of hydrogen-bond acceptors (Lipinski definition) is 6. The first-order chi connectivity index (χ1) is 14.8. The lowest BCUT2D eigenvalue weighted by Crippen LogP contribution is -2.50. The molecule has 0 bridgehead atoms. The van der Waals surface area contributed by atoms with Crippen LogP contribution in [0.4, 0.5) is 10.5 Å². The SMILES string of the molecule is N#Cc1ccc(Oc2ccc(NC(=O)N[C@@H]3CCO[C@@]4(CCS(=O)(=O)C4)C3)cc2)cc1. The Morgan fingerprint density at radius 1 is 1.13 bits per heavy atom. The molecule has 0 radical (unpaired) electrons. The van der Waals surface area contributed by atoms with Crippen LogP contribution in [-0.4, -0.2) is 44.2 Å². The van der Waals surface area contributed by atoms with Gasteiger partial charge in [0.15, 0.2) is 9.84 Å². The van der Waals surface area contributed by atoms with Crippen molar-refractivity contribution < 1.29 is 22.7 Å². The van der Waals surface area contributed by atoms with E-state index in [1.165, 1.54) is 0 Å². The smallest absolute Gasteiger partial charge is 0.319 e. The average molecular weight is 442 g/mol. The normalized spacial score (nSPS) is 24.3. The van der Waals surface area contributed by atoms with E-state index >= 15 is 0 Å². The van der Waals surface area contributed by atoms with Crippen LogP contribution in [0.25, 0.3) is 0 Å². The molecule has 2 aromatic rings. The second kappa shape index (κ2) is 8.57. The van der Waals surface area contributed by atoms with Gasteiger partial charge in [-0.25, -0.2) is 13.2 Å². The summed E-state index contributed by atoms with van der Waals surface area (Å²) in [4.78, 5) is 12.4. The number of benzene rings is 2.